The second-order valence-electron chi connectivity index (χ2n) is 4.43. The number of hydrogen-bond acceptors (Lipinski definition) is 3. The SMILES string of the molecule is CCCOc1ccccc1NC(=O)CNC(C)C. The number of benzene rings is 1. The van der Waals surface area contributed by atoms with E-state index in [1.807, 2.05) is 45.0 Å². The number of amides is 1. The second-order valence-corrected chi connectivity index (χ2v) is 4.43. The van der Waals surface area contributed by atoms with Crippen LogP contribution in [0.3, 0.4) is 0 Å². The third kappa shape index (κ3) is 5.19. The number of carbonyl (C=O) groups excluding carboxylic acids is 1. The van der Waals surface area contributed by atoms with Crippen LogP contribution < -0.4 is 15.4 Å². The van der Waals surface area contributed by atoms with Gasteiger partial charge in [-0.25, -0.2) is 0 Å². The molecule has 0 radical (unpaired) electrons. The van der Waals surface area contributed by atoms with Gasteiger partial charge in [-0.1, -0.05) is 32.9 Å². The molecule has 0 heterocycles. The molecular formula is C14H22N2O2. The summed E-state index contributed by atoms with van der Waals surface area (Å²) in [5, 5.41) is 5.92. The maximum Gasteiger partial charge on any atom is 0.238 e. The van der Waals surface area contributed by atoms with Crippen LogP contribution in [0.2, 0.25) is 0 Å². The number of nitrogens with one attached hydrogen (secondary N) is 2. The summed E-state index contributed by atoms with van der Waals surface area (Å²) in [6.07, 6.45) is 0.942. The number of ether oxygens (including phenoxy) is 1. The molecule has 1 aromatic rings. The Bertz CT molecular complexity index is 378. The third-order valence-corrected chi connectivity index (χ3v) is 2.29. The lowest BCUT2D eigenvalue weighted by molar-refractivity contribution is -0.115. The highest BCUT2D eigenvalue weighted by molar-refractivity contribution is 5.93. The van der Waals surface area contributed by atoms with E-state index in [0.717, 1.165) is 17.9 Å². The zero-order valence-electron chi connectivity index (χ0n) is 11.3. The molecule has 0 aromatic heterocycles. The lowest BCUT2D eigenvalue weighted by Crippen LogP contribution is -2.32. The van der Waals surface area contributed by atoms with Gasteiger partial charge in [-0.2, -0.15) is 0 Å². The number of carbonyl (C=O) groups is 1. The maximum absolute atomic E-state index is 11.7. The molecule has 0 bridgehead atoms. The summed E-state index contributed by atoms with van der Waals surface area (Å²) in [5.74, 6) is 0.661. The summed E-state index contributed by atoms with van der Waals surface area (Å²) in [6.45, 7) is 7.02. The summed E-state index contributed by atoms with van der Waals surface area (Å²) < 4.78 is 5.58. The molecule has 18 heavy (non-hydrogen) atoms. The van der Waals surface area contributed by atoms with Crippen LogP contribution in [0.5, 0.6) is 5.75 Å². The molecule has 1 amide bonds. The molecule has 4 nitrogen and oxygen atoms in total. The zero-order chi connectivity index (χ0) is 13.4. The first-order valence-electron chi connectivity index (χ1n) is 6.38. The smallest absolute Gasteiger partial charge is 0.238 e. The highest BCUT2D eigenvalue weighted by Crippen LogP contribution is 2.23. The van der Waals surface area contributed by atoms with Crippen molar-refractivity contribution in [3.63, 3.8) is 0 Å². The molecule has 0 fully saturated rings. The van der Waals surface area contributed by atoms with Crippen molar-refractivity contribution in [3.05, 3.63) is 24.3 Å². The molecule has 0 saturated heterocycles. The van der Waals surface area contributed by atoms with Crippen LogP contribution in [0.15, 0.2) is 24.3 Å². The van der Waals surface area contributed by atoms with Gasteiger partial charge in [0.2, 0.25) is 5.91 Å². The third-order valence-electron chi connectivity index (χ3n) is 2.29. The Hall–Kier alpha value is -1.55. The molecule has 0 aliphatic heterocycles. The summed E-state index contributed by atoms with van der Waals surface area (Å²) in [4.78, 5) is 11.7. The number of anilines is 1. The topological polar surface area (TPSA) is 50.4 Å². The Balaban J connectivity index is 2.57. The van der Waals surface area contributed by atoms with Gasteiger partial charge < -0.3 is 15.4 Å². The minimum absolute atomic E-state index is 0.0590. The van der Waals surface area contributed by atoms with Gasteiger partial charge in [-0.3, -0.25) is 4.79 Å². The molecular weight excluding hydrogens is 228 g/mol. The van der Waals surface area contributed by atoms with E-state index in [1.54, 1.807) is 0 Å². The van der Waals surface area contributed by atoms with Crippen LogP contribution in [-0.2, 0) is 4.79 Å². The Kier molecular flexibility index (Phi) is 6.22. The lowest BCUT2D eigenvalue weighted by Gasteiger charge is -2.13. The molecule has 0 aliphatic rings. The van der Waals surface area contributed by atoms with Crippen molar-refractivity contribution in [1.29, 1.82) is 0 Å². The van der Waals surface area contributed by atoms with Gasteiger partial charge in [0.15, 0.2) is 0 Å². The number of rotatable bonds is 7. The molecule has 1 rings (SSSR count). The van der Waals surface area contributed by atoms with E-state index in [4.69, 9.17) is 4.74 Å². The first kappa shape index (κ1) is 14.5. The largest absolute Gasteiger partial charge is 0.491 e. The number of para-hydroxylation sites is 2. The molecule has 1 aromatic carbocycles. The highest BCUT2D eigenvalue weighted by atomic mass is 16.5. The summed E-state index contributed by atoms with van der Waals surface area (Å²) >= 11 is 0. The van der Waals surface area contributed by atoms with Gasteiger partial charge in [-0.05, 0) is 18.6 Å². The van der Waals surface area contributed by atoms with Crippen molar-refractivity contribution in [2.24, 2.45) is 0 Å². The van der Waals surface area contributed by atoms with E-state index < -0.39 is 0 Å². The minimum atomic E-state index is -0.0590. The summed E-state index contributed by atoms with van der Waals surface area (Å²) in [6, 6.07) is 7.78. The van der Waals surface area contributed by atoms with Crippen LogP contribution in [-0.4, -0.2) is 25.1 Å². The molecule has 0 atom stereocenters. The van der Waals surface area contributed by atoms with E-state index in [-0.39, 0.29) is 5.91 Å². The number of hydrogen-bond donors (Lipinski definition) is 2. The predicted octanol–water partition coefficient (Wildman–Crippen LogP) is 2.41. The Morgan fingerprint density at radius 3 is 2.72 bits per heavy atom. The van der Waals surface area contributed by atoms with Gasteiger partial charge >= 0.3 is 0 Å². The Morgan fingerprint density at radius 2 is 2.06 bits per heavy atom. The normalized spacial score (nSPS) is 10.4. The maximum atomic E-state index is 11.7. The van der Waals surface area contributed by atoms with Gasteiger partial charge in [0, 0.05) is 6.04 Å². The fourth-order valence-corrected chi connectivity index (χ4v) is 1.40. The van der Waals surface area contributed by atoms with E-state index >= 15 is 0 Å². The van der Waals surface area contributed by atoms with Crippen LogP contribution >= 0.6 is 0 Å². The van der Waals surface area contributed by atoms with Crippen LogP contribution in [0.4, 0.5) is 5.69 Å². The average molecular weight is 250 g/mol. The molecule has 0 aliphatic carbocycles. The lowest BCUT2D eigenvalue weighted by atomic mass is 10.3. The van der Waals surface area contributed by atoms with E-state index in [0.29, 0.717) is 19.2 Å². The van der Waals surface area contributed by atoms with E-state index in [1.165, 1.54) is 0 Å². The van der Waals surface area contributed by atoms with Crippen molar-refractivity contribution >= 4 is 11.6 Å². The Labute approximate surface area is 109 Å². The minimum Gasteiger partial charge on any atom is -0.491 e. The van der Waals surface area contributed by atoms with Crippen molar-refractivity contribution in [3.8, 4) is 5.75 Å². The first-order chi connectivity index (χ1) is 8.63. The highest BCUT2D eigenvalue weighted by Gasteiger charge is 2.07. The second kappa shape index (κ2) is 7.71. The molecule has 0 saturated carbocycles. The zero-order valence-corrected chi connectivity index (χ0v) is 11.3. The molecule has 100 valence electrons. The summed E-state index contributed by atoms with van der Waals surface area (Å²) in [7, 11) is 0. The molecule has 4 heteroatoms. The van der Waals surface area contributed by atoms with Crippen molar-refractivity contribution in [1.82, 2.24) is 5.32 Å². The van der Waals surface area contributed by atoms with Gasteiger partial charge in [0.25, 0.3) is 0 Å². The van der Waals surface area contributed by atoms with E-state index in [2.05, 4.69) is 10.6 Å². The van der Waals surface area contributed by atoms with Gasteiger partial charge in [0.1, 0.15) is 5.75 Å². The molecule has 0 spiro atoms. The predicted molar refractivity (Wildman–Crippen MR) is 74.0 cm³/mol. The first-order valence-corrected chi connectivity index (χ1v) is 6.38. The van der Waals surface area contributed by atoms with Crippen LogP contribution in [0.25, 0.3) is 0 Å². The average Bonchev–Trinajstić information content (AvgIpc) is 2.35. The Morgan fingerprint density at radius 1 is 1.33 bits per heavy atom. The fraction of sp³-hybridized carbons (Fsp3) is 0.500. The van der Waals surface area contributed by atoms with Crippen LogP contribution in [0, 0.1) is 0 Å². The monoisotopic (exact) mass is 250 g/mol. The van der Waals surface area contributed by atoms with Gasteiger partial charge in [-0.15, -0.1) is 0 Å². The van der Waals surface area contributed by atoms with Gasteiger partial charge in [0.05, 0.1) is 18.8 Å². The summed E-state index contributed by atoms with van der Waals surface area (Å²) in [5.41, 5.74) is 0.724. The fourth-order valence-electron chi connectivity index (χ4n) is 1.40. The van der Waals surface area contributed by atoms with Crippen molar-refractivity contribution < 1.29 is 9.53 Å². The van der Waals surface area contributed by atoms with E-state index in [9.17, 15) is 4.79 Å². The standard InChI is InChI=1S/C14H22N2O2/c1-4-9-18-13-8-6-5-7-12(13)16-14(17)10-15-11(2)3/h5-8,11,15H,4,9-10H2,1-3H3,(H,16,17). The van der Waals surface area contributed by atoms with Crippen LogP contribution in [0.1, 0.15) is 27.2 Å². The van der Waals surface area contributed by atoms with Crippen molar-refractivity contribution in [2.75, 3.05) is 18.5 Å². The molecule has 2 N–H and O–H groups in total. The van der Waals surface area contributed by atoms with Crippen molar-refractivity contribution in [2.45, 2.75) is 33.2 Å². The quantitative estimate of drug-likeness (QED) is 0.781. The molecule has 0 unspecified atom stereocenters.